The van der Waals surface area contributed by atoms with Gasteiger partial charge in [-0.1, -0.05) is 46.8 Å². The summed E-state index contributed by atoms with van der Waals surface area (Å²) in [4.78, 5) is 12.0. The minimum Gasteiger partial charge on any atom is -0.465 e. The lowest BCUT2D eigenvalue weighted by molar-refractivity contribution is -0.332. The smallest absolute Gasteiger partial charge is 0.302 e. The van der Waals surface area contributed by atoms with E-state index in [2.05, 4.69) is 48.1 Å². The molecule has 6 rings (SSSR count). The Morgan fingerprint density at radius 1 is 0.826 bits per heavy atom. The van der Waals surface area contributed by atoms with E-state index >= 15 is 0 Å². The number of hydrogen-bond acceptors (Lipinski definition) is 8. The van der Waals surface area contributed by atoms with Crippen molar-refractivity contribution in [1.82, 2.24) is 0 Å². The topological polar surface area (TPSA) is 126 Å². The van der Waals surface area contributed by atoms with Crippen molar-refractivity contribution in [3.05, 3.63) is 12.2 Å². The molecule has 8 heteroatoms. The first-order chi connectivity index (χ1) is 21.5. The van der Waals surface area contributed by atoms with Crippen LogP contribution in [-0.2, 0) is 19.0 Å². The maximum absolute atomic E-state index is 12.0. The van der Waals surface area contributed by atoms with Crippen LogP contribution in [0.15, 0.2) is 12.2 Å². The number of aliphatic hydroxyl groups is 4. The van der Waals surface area contributed by atoms with Gasteiger partial charge in [0.05, 0.1) is 19.3 Å². The van der Waals surface area contributed by atoms with E-state index < -0.39 is 37.3 Å². The fraction of sp³-hybridized carbons (Fsp3) is 0.921. The Morgan fingerprint density at radius 3 is 2.20 bits per heavy atom. The lowest BCUT2D eigenvalue weighted by atomic mass is 9.32. The zero-order valence-electron chi connectivity index (χ0n) is 29.5. The van der Waals surface area contributed by atoms with Gasteiger partial charge >= 0.3 is 5.97 Å². The van der Waals surface area contributed by atoms with Crippen LogP contribution in [0.5, 0.6) is 0 Å². The first-order valence-electron chi connectivity index (χ1n) is 18.2. The van der Waals surface area contributed by atoms with Gasteiger partial charge in [0, 0.05) is 12.3 Å². The molecule has 0 aromatic rings. The van der Waals surface area contributed by atoms with Gasteiger partial charge in [0.25, 0.3) is 0 Å². The molecule has 1 saturated heterocycles. The Hall–Kier alpha value is -1.03. The summed E-state index contributed by atoms with van der Waals surface area (Å²) in [5, 5.41) is 41.2. The third-order valence-electron chi connectivity index (χ3n) is 15.9. The molecule has 0 aromatic heterocycles. The van der Waals surface area contributed by atoms with Crippen molar-refractivity contribution in [2.75, 3.05) is 13.2 Å². The molecule has 5 saturated carbocycles. The van der Waals surface area contributed by atoms with Crippen LogP contribution in [-0.4, -0.2) is 76.4 Å². The molecule has 6 fully saturated rings. The van der Waals surface area contributed by atoms with Gasteiger partial charge in [-0.05, 0) is 122 Å². The number of fused-ring (bicyclic) bond motifs is 7. The minimum absolute atomic E-state index is 0.0611. The number of esters is 1. The summed E-state index contributed by atoms with van der Waals surface area (Å²) < 4.78 is 18.1. The zero-order valence-corrected chi connectivity index (χ0v) is 29.5. The number of carbonyl (C=O) groups is 1. The molecule has 0 unspecified atom stereocenters. The molecule has 1 aliphatic heterocycles. The summed E-state index contributed by atoms with van der Waals surface area (Å²) in [5.74, 6) is 2.41. The molecular formula is C38H62O8. The van der Waals surface area contributed by atoms with E-state index in [0.29, 0.717) is 36.2 Å². The fourth-order valence-electron chi connectivity index (χ4n) is 13.3. The second kappa shape index (κ2) is 11.8. The Balaban J connectivity index is 1.26. The summed E-state index contributed by atoms with van der Waals surface area (Å²) in [6, 6.07) is 0. The third-order valence-corrected chi connectivity index (χ3v) is 15.9. The molecule has 4 N–H and O–H groups in total. The highest BCUT2D eigenvalue weighted by Gasteiger charge is 2.71. The zero-order chi connectivity index (χ0) is 33.6. The van der Waals surface area contributed by atoms with E-state index in [9.17, 15) is 25.2 Å². The number of carbonyl (C=O) groups excluding carboxylic acids is 1. The van der Waals surface area contributed by atoms with Gasteiger partial charge in [0.1, 0.15) is 24.4 Å². The largest absolute Gasteiger partial charge is 0.465 e. The van der Waals surface area contributed by atoms with Crippen molar-refractivity contribution in [2.45, 2.75) is 149 Å². The quantitative estimate of drug-likeness (QED) is 0.172. The van der Waals surface area contributed by atoms with Gasteiger partial charge < -0.3 is 34.6 Å². The highest BCUT2D eigenvalue weighted by molar-refractivity contribution is 5.65. The molecule has 0 spiro atoms. The van der Waals surface area contributed by atoms with Gasteiger partial charge in [-0.15, -0.1) is 0 Å². The Bertz CT molecular complexity index is 1190. The van der Waals surface area contributed by atoms with Crippen molar-refractivity contribution in [3.8, 4) is 0 Å². The monoisotopic (exact) mass is 646 g/mol. The van der Waals surface area contributed by atoms with Crippen molar-refractivity contribution >= 4 is 5.97 Å². The summed E-state index contributed by atoms with van der Waals surface area (Å²) in [7, 11) is 0. The first kappa shape index (κ1) is 34.8. The number of allylic oxidation sites excluding steroid dienone is 1. The predicted octanol–water partition coefficient (Wildman–Crippen LogP) is 5.39. The molecule has 1 heterocycles. The van der Waals surface area contributed by atoms with Crippen LogP contribution in [0.4, 0.5) is 0 Å². The molecule has 46 heavy (non-hydrogen) atoms. The van der Waals surface area contributed by atoms with E-state index in [1.165, 1.54) is 31.3 Å². The van der Waals surface area contributed by atoms with Crippen molar-refractivity contribution in [3.63, 3.8) is 0 Å². The molecule has 0 amide bonds. The van der Waals surface area contributed by atoms with Gasteiger partial charge in [-0.3, -0.25) is 4.79 Å². The van der Waals surface area contributed by atoms with Crippen molar-refractivity contribution < 1.29 is 39.4 Å². The Kier molecular flexibility index (Phi) is 8.93. The Morgan fingerprint density at radius 2 is 1.54 bits per heavy atom. The Labute approximate surface area is 276 Å². The van der Waals surface area contributed by atoms with Crippen LogP contribution in [0.2, 0.25) is 0 Å². The van der Waals surface area contributed by atoms with Crippen LogP contribution >= 0.6 is 0 Å². The maximum Gasteiger partial charge on any atom is 0.302 e. The molecule has 6 aliphatic rings. The summed E-state index contributed by atoms with van der Waals surface area (Å²) in [5.41, 5.74) is 1.67. The van der Waals surface area contributed by atoms with Gasteiger partial charge in [-0.2, -0.15) is 0 Å². The standard InChI is InChI=1S/C38H62O8/c1-21(2)23-11-16-38(20-44-22(3)40)18-17-36(7)24(29(23)38)9-10-27-35(6)14-13-28(34(4,5)26(35)12-15-37(27,36)8)46-33-32(43)31(42)30(41)25(19-39)45-33/h23-33,39,41-43H,1,9-20H2,2-8H3/t23-,24+,25+,26-,27+,28-,29+,30+,31-,32+,33-,35-,36+,37+,38+/m0/s1. The minimum atomic E-state index is -1.44. The summed E-state index contributed by atoms with van der Waals surface area (Å²) >= 11 is 0. The number of rotatable bonds is 6. The molecule has 262 valence electrons. The first-order valence-corrected chi connectivity index (χ1v) is 18.2. The molecule has 0 aromatic carbocycles. The summed E-state index contributed by atoms with van der Waals surface area (Å²) in [6.45, 7) is 20.7. The van der Waals surface area contributed by atoms with Gasteiger partial charge in [-0.25, -0.2) is 0 Å². The summed E-state index contributed by atoms with van der Waals surface area (Å²) in [6.07, 6.45) is 4.65. The fourth-order valence-corrected chi connectivity index (χ4v) is 13.3. The van der Waals surface area contributed by atoms with Crippen LogP contribution in [0.25, 0.3) is 0 Å². The SMILES string of the molecule is C=C(C)[C@@H]1CC[C@]2(COC(C)=O)CC[C@]3(C)[C@H](CC[C@@H]4[C@@]5(C)CC[C@H](O[C@@H]6O[C@H](CO)[C@@H](O)[C@H](O)[C@H]6O)C(C)(C)[C@@H]5CC[C@]43C)[C@@H]12. The van der Waals surface area contributed by atoms with Crippen LogP contribution in [0.1, 0.15) is 113 Å². The van der Waals surface area contributed by atoms with Gasteiger partial charge in [0.2, 0.25) is 0 Å². The average Bonchev–Trinajstić information content (AvgIpc) is 3.38. The number of ether oxygens (including phenoxy) is 3. The van der Waals surface area contributed by atoms with E-state index in [1.54, 1.807) is 6.92 Å². The molecule has 15 atom stereocenters. The van der Waals surface area contributed by atoms with Crippen molar-refractivity contribution in [1.29, 1.82) is 0 Å². The second-order valence-electron chi connectivity index (χ2n) is 18.0. The normalized spacial score (nSPS) is 52.9. The predicted molar refractivity (Wildman–Crippen MR) is 174 cm³/mol. The van der Waals surface area contributed by atoms with Crippen molar-refractivity contribution in [2.24, 2.45) is 56.7 Å². The molecule has 0 radical (unpaired) electrons. The van der Waals surface area contributed by atoms with Gasteiger partial charge in [0.15, 0.2) is 6.29 Å². The number of aliphatic hydroxyl groups excluding tert-OH is 4. The molecule has 8 nitrogen and oxygen atoms in total. The molecule has 5 aliphatic carbocycles. The molecular weight excluding hydrogens is 584 g/mol. The van der Waals surface area contributed by atoms with E-state index in [1.807, 2.05) is 0 Å². The lowest BCUT2D eigenvalue weighted by Crippen LogP contribution is -2.67. The van der Waals surface area contributed by atoms with Crippen LogP contribution < -0.4 is 0 Å². The van der Waals surface area contributed by atoms with E-state index in [4.69, 9.17) is 14.2 Å². The number of hydrogen-bond donors (Lipinski definition) is 4. The van der Waals surface area contributed by atoms with Crippen LogP contribution in [0, 0.1) is 56.7 Å². The maximum atomic E-state index is 12.0. The third kappa shape index (κ3) is 4.93. The highest BCUT2D eigenvalue weighted by Crippen LogP contribution is 2.77. The molecule has 0 bridgehead atoms. The van der Waals surface area contributed by atoms with E-state index in [-0.39, 0.29) is 39.1 Å². The average molecular weight is 647 g/mol. The van der Waals surface area contributed by atoms with E-state index in [0.717, 1.165) is 38.5 Å². The van der Waals surface area contributed by atoms with Crippen LogP contribution in [0.3, 0.4) is 0 Å². The lowest BCUT2D eigenvalue weighted by Gasteiger charge is -2.73. The highest BCUT2D eigenvalue weighted by atomic mass is 16.7. The second-order valence-corrected chi connectivity index (χ2v) is 18.0.